The Morgan fingerprint density at radius 3 is 2.33 bits per heavy atom. The largest absolute Gasteiger partial charge is 0.332 e. The van der Waals surface area contributed by atoms with Crippen LogP contribution in [0.1, 0.15) is 52.4 Å². The van der Waals surface area contributed by atoms with Gasteiger partial charge in [-0.1, -0.05) is 46.0 Å². The molecule has 2 nitrogen and oxygen atoms in total. The maximum atomic E-state index is 11.6. The minimum absolute atomic E-state index is 0.738. The van der Waals surface area contributed by atoms with Crippen molar-refractivity contribution in [3.05, 3.63) is 0 Å². The predicted octanol–water partition coefficient (Wildman–Crippen LogP) is 4.54. The fourth-order valence-electron chi connectivity index (χ4n) is 1.71. The summed E-state index contributed by atoms with van der Waals surface area (Å²) < 4.78 is 16.6. The summed E-state index contributed by atoms with van der Waals surface area (Å²) in [6, 6.07) is 0. The third-order valence-electron chi connectivity index (χ3n) is 2.95. The molecule has 92 valence electrons. The van der Waals surface area contributed by atoms with Gasteiger partial charge in [0, 0.05) is 19.9 Å². The summed E-state index contributed by atoms with van der Waals surface area (Å²) in [5.41, 5.74) is 0. The Hall–Kier alpha value is 0.190. The molecule has 0 saturated heterocycles. The smallest absolute Gasteiger partial charge is 0.199 e. The van der Waals surface area contributed by atoms with E-state index in [0.717, 1.165) is 18.5 Å². The summed E-state index contributed by atoms with van der Waals surface area (Å²) in [7, 11) is -0.714. The maximum Gasteiger partial charge on any atom is 0.199 e. The Morgan fingerprint density at radius 2 is 1.80 bits per heavy atom. The highest BCUT2D eigenvalue weighted by Gasteiger charge is 2.13. The Labute approximate surface area is 95.2 Å². The molecule has 0 saturated carbocycles. The molecule has 0 radical (unpaired) electrons. The van der Waals surface area contributed by atoms with Crippen LogP contribution in [0.3, 0.4) is 0 Å². The molecule has 0 aromatic carbocycles. The summed E-state index contributed by atoms with van der Waals surface area (Å²) in [5.74, 6) is 0.772. The third-order valence-corrected chi connectivity index (χ3v) is 4.85. The first kappa shape index (κ1) is 15.2. The third kappa shape index (κ3) is 9.14. The van der Waals surface area contributed by atoms with Gasteiger partial charge in [0.25, 0.3) is 0 Å². The molecular formula is C12H27O2P. The molecule has 0 amide bonds. The number of unbranched alkanes of at least 4 members (excludes halogenated alkanes) is 2. The van der Waals surface area contributed by atoms with Crippen molar-refractivity contribution < 1.29 is 9.09 Å². The minimum atomic E-state index is -2.26. The second kappa shape index (κ2) is 8.35. The topological polar surface area (TPSA) is 26.3 Å². The van der Waals surface area contributed by atoms with Crippen molar-refractivity contribution in [2.45, 2.75) is 52.4 Å². The predicted molar refractivity (Wildman–Crippen MR) is 67.9 cm³/mol. The molecular weight excluding hydrogens is 207 g/mol. The molecule has 0 fully saturated rings. The van der Waals surface area contributed by atoms with Crippen LogP contribution in [0.2, 0.25) is 0 Å². The number of hydrogen-bond donors (Lipinski definition) is 0. The van der Waals surface area contributed by atoms with Crippen LogP contribution in [0.4, 0.5) is 0 Å². The van der Waals surface area contributed by atoms with E-state index in [1.165, 1.54) is 32.1 Å². The monoisotopic (exact) mass is 234 g/mol. The molecule has 3 heteroatoms. The average molecular weight is 234 g/mol. The molecule has 0 rings (SSSR count). The van der Waals surface area contributed by atoms with Crippen LogP contribution in [-0.2, 0) is 9.09 Å². The highest BCUT2D eigenvalue weighted by molar-refractivity contribution is 7.58. The minimum Gasteiger partial charge on any atom is -0.332 e. The lowest BCUT2D eigenvalue weighted by Crippen LogP contribution is -1.98. The van der Waals surface area contributed by atoms with E-state index >= 15 is 0 Å². The van der Waals surface area contributed by atoms with E-state index in [4.69, 9.17) is 4.52 Å². The first-order valence-corrected chi connectivity index (χ1v) is 8.39. The molecule has 0 bridgehead atoms. The maximum absolute atomic E-state index is 11.6. The van der Waals surface area contributed by atoms with E-state index in [0.29, 0.717) is 0 Å². The van der Waals surface area contributed by atoms with Crippen LogP contribution in [0.5, 0.6) is 0 Å². The van der Waals surface area contributed by atoms with Crippen molar-refractivity contribution in [3.8, 4) is 0 Å². The molecule has 15 heavy (non-hydrogen) atoms. The van der Waals surface area contributed by atoms with Gasteiger partial charge in [-0.05, 0) is 12.3 Å². The van der Waals surface area contributed by atoms with Crippen LogP contribution >= 0.6 is 7.37 Å². The van der Waals surface area contributed by atoms with Gasteiger partial charge in [0.15, 0.2) is 7.37 Å². The van der Waals surface area contributed by atoms with Crippen LogP contribution < -0.4 is 0 Å². The molecule has 0 aromatic heterocycles. The Balaban J connectivity index is 3.46. The van der Waals surface area contributed by atoms with Gasteiger partial charge in [-0.25, -0.2) is 0 Å². The summed E-state index contributed by atoms with van der Waals surface area (Å²) in [6.07, 6.45) is 8.25. The van der Waals surface area contributed by atoms with Crippen LogP contribution in [0.15, 0.2) is 0 Å². The van der Waals surface area contributed by atoms with Gasteiger partial charge in [-0.2, -0.15) is 0 Å². The van der Waals surface area contributed by atoms with Crippen LogP contribution in [0.25, 0.3) is 0 Å². The average Bonchev–Trinajstić information content (AvgIpc) is 2.18. The van der Waals surface area contributed by atoms with Crippen LogP contribution in [0, 0.1) is 5.92 Å². The van der Waals surface area contributed by atoms with E-state index in [2.05, 4.69) is 13.8 Å². The van der Waals surface area contributed by atoms with Gasteiger partial charge < -0.3 is 4.52 Å². The molecule has 2 atom stereocenters. The van der Waals surface area contributed by atoms with Crippen molar-refractivity contribution in [2.75, 3.05) is 19.9 Å². The standard InChI is InChI=1S/C12H27O2P/c1-5-6-7-9-12(2)10-8-11-15(4,13)14-3/h12H,5-11H2,1-4H3/t12-,15?/m0/s1. The van der Waals surface area contributed by atoms with Crippen molar-refractivity contribution in [2.24, 2.45) is 5.92 Å². The van der Waals surface area contributed by atoms with Gasteiger partial charge in [-0.15, -0.1) is 0 Å². The summed E-state index contributed by atoms with van der Waals surface area (Å²) in [5, 5.41) is 0. The summed E-state index contributed by atoms with van der Waals surface area (Å²) >= 11 is 0. The van der Waals surface area contributed by atoms with E-state index < -0.39 is 7.37 Å². The van der Waals surface area contributed by atoms with E-state index in [9.17, 15) is 4.57 Å². The van der Waals surface area contributed by atoms with Gasteiger partial charge in [0.05, 0.1) is 0 Å². The molecule has 0 N–H and O–H groups in total. The highest BCUT2D eigenvalue weighted by atomic mass is 31.2. The quantitative estimate of drug-likeness (QED) is 0.432. The van der Waals surface area contributed by atoms with E-state index in [1.54, 1.807) is 13.8 Å². The molecule has 0 aliphatic carbocycles. The Morgan fingerprint density at radius 1 is 1.20 bits per heavy atom. The Bertz CT molecular complexity index is 192. The zero-order valence-corrected chi connectivity index (χ0v) is 11.7. The van der Waals surface area contributed by atoms with Gasteiger partial charge in [0.2, 0.25) is 0 Å². The SMILES string of the molecule is CCCCC[C@H](C)CCCP(C)(=O)OC. The van der Waals surface area contributed by atoms with Crippen molar-refractivity contribution in [1.82, 2.24) is 0 Å². The summed E-state index contributed by atoms with van der Waals surface area (Å²) in [4.78, 5) is 0. The molecule has 0 spiro atoms. The van der Waals surface area contributed by atoms with Gasteiger partial charge in [-0.3, -0.25) is 4.57 Å². The zero-order chi connectivity index (χ0) is 11.7. The van der Waals surface area contributed by atoms with E-state index in [-0.39, 0.29) is 0 Å². The van der Waals surface area contributed by atoms with Crippen molar-refractivity contribution in [1.29, 1.82) is 0 Å². The lowest BCUT2D eigenvalue weighted by Gasteiger charge is -2.13. The number of hydrogen-bond acceptors (Lipinski definition) is 2. The summed E-state index contributed by atoms with van der Waals surface area (Å²) in [6.45, 7) is 6.26. The van der Waals surface area contributed by atoms with Gasteiger partial charge >= 0.3 is 0 Å². The van der Waals surface area contributed by atoms with Crippen molar-refractivity contribution >= 4 is 7.37 Å². The first-order chi connectivity index (χ1) is 7.02. The van der Waals surface area contributed by atoms with E-state index in [1.807, 2.05) is 0 Å². The number of rotatable bonds is 9. The second-order valence-electron chi connectivity index (χ2n) is 4.66. The Kier molecular flexibility index (Phi) is 8.46. The normalized spacial score (nSPS) is 17.3. The van der Waals surface area contributed by atoms with Gasteiger partial charge in [0.1, 0.15) is 0 Å². The second-order valence-corrected chi connectivity index (χ2v) is 7.50. The molecule has 1 unspecified atom stereocenters. The molecule has 0 aromatic rings. The van der Waals surface area contributed by atoms with Crippen LogP contribution in [-0.4, -0.2) is 19.9 Å². The van der Waals surface area contributed by atoms with Crippen molar-refractivity contribution in [3.63, 3.8) is 0 Å². The molecule has 0 heterocycles. The highest BCUT2D eigenvalue weighted by Crippen LogP contribution is 2.42. The lowest BCUT2D eigenvalue weighted by atomic mass is 9.99. The fourth-order valence-corrected chi connectivity index (χ4v) is 2.64. The molecule has 0 aliphatic heterocycles. The lowest BCUT2D eigenvalue weighted by molar-refractivity contribution is 0.393. The zero-order valence-electron chi connectivity index (χ0n) is 10.8. The molecule has 0 aliphatic rings. The fraction of sp³-hybridized carbons (Fsp3) is 1.00. The first-order valence-electron chi connectivity index (χ1n) is 6.14.